The van der Waals surface area contributed by atoms with Crippen molar-refractivity contribution in [1.82, 2.24) is 10.1 Å². The molecule has 5 heteroatoms. The summed E-state index contributed by atoms with van der Waals surface area (Å²) in [7, 11) is 1.88. The summed E-state index contributed by atoms with van der Waals surface area (Å²) < 4.78 is 6.34. The number of benzene rings is 2. The van der Waals surface area contributed by atoms with Crippen molar-refractivity contribution in [1.29, 1.82) is 0 Å². The van der Waals surface area contributed by atoms with Crippen LogP contribution in [0.3, 0.4) is 0 Å². The Morgan fingerprint density at radius 3 is 2.25 bits per heavy atom. The Hall–Kier alpha value is -2.14. The Kier molecular flexibility index (Phi) is 3.52. The molecule has 20 heavy (non-hydrogen) atoms. The maximum atomic E-state index is 5.32. The fourth-order valence-electron chi connectivity index (χ4n) is 1.84. The highest BCUT2D eigenvalue weighted by Crippen LogP contribution is 2.24. The van der Waals surface area contributed by atoms with Gasteiger partial charge in [-0.1, -0.05) is 21.1 Å². The van der Waals surface area contributed by atoms with Crippen LogP contribution >= 0.6 is 15.9 Å². The van der Waals surface area contributed by atoms with Crippen molar-refractivity contribution in [2.75, 3.05) is 12.4 Å². The summed E-state index contributed by atoms with van der Waals surface area (Å²) in [4.78, 5) is 4.42. The molecular formula is C15H12BrN3O. The average Bonchev–Trinajstić information content (AvgIpc) is 2.98. The molecule has 0 unspecified atom stereocenters. The Labute approximate surface area is 125 Å². The third-order valence-corrected chi connectivity index (χ3v) is 3.48. The monoisotopic (exact) mass is 329 g/mol. The predicted octanol–water partition coefficient (Wildman–Crippen LogP) is 4.21. The summed E-state index contributed by atoms with van der Waals surface area (Å²) in [5.74, 6) is 1.11. The molecule has 4 nitrogen and oxygen atoms in total. The van der Waals surface area contributed by atoms with Crippen molar-refractivity contribution in [2.45, 2.75) is 0 Å². The second-order valence-corrected chi connectivity index (χ2v) is 5.17. The summed E-state index contributed by atoms with van der Waals surface area (Å²) in [6.45, 7) is 0. The van der Waals surface area contributed by atoms with Crippen LogP contribution in [0.1, 0.15) is 0 Å². The van der Waals surface area contributed by atoms with Crippen molar-refractivity contribution in [3.63, 3.8) is 0 Å². The molecule has 0 fully saturated rings. The summed E-state index contributed by atoms with van der Waals surface area (Å²) in [5, 5.41) is 7.09. The average molecular weight is 330 g/mol. The fourth-order valence-corrected chi connectivity index (χ4v) is 2.10. The molecule has 0 bridgehead atoms. The highest BCUT2D eigenvalue weighted by atomic mass is 79.9. The van der Waals surface area contributed by atoms with Gasteiger partial charge in [-0.25, -0.2) is 0 Å². The molecule has 0 aliphatic heterocycles. The minimum Gasteiger partial charge on any atom is -0.388 e. The van der Waals surface area contributed by atoms with Crippen LogP contribution in [0, 0.1) is 0 Å². The third kappa shape index (κ3) is 2.58. The molecule has 2 aromatic carbocycles. The Bertz CT molecular complexity index is 705. The van der Waals surface area contributed by atoms with Gasteiger partial charge >= 0.3 is 0 Å². The molecule has 0 atom stereocenters. The van der Waals surface area contributed by atoms with Crippen LogP contribution in [0.5, 0.6) is 0 Å². The van der Waals surface area contributed by atoms with E-state index in [0.717, 1.165) is 21.3 Å². The maximum Gasteiger partial charge on any atom is 0.258 e. The number of halogens is 1. The molecule has 1 heterocycles. The van der Waals surface area contributed by atoms with E-state index < -0.39 is 0 Å². The minimum atomic E-state index is 0.519. The van der Waals surface area contributed by atoms with Gasteiger partial charge in [0.1, 0.15) is 0 Å². The van der Waals surface area contributed by atoms with Gasteiger partial charge < -0.3 is 9.84 Å². The molecule has 0 saturated carbocycles. The van der Waals surface area contributed by atoms with Gasteiger partial charge in [0, 0.05) is 28.3 Å². The number of hydrogen-bond acceptors (Lipinski definition) is 4. The molecule has 3 rings (SSSR count). The standard InChI is InChI=1S/C15H12BrN3O/c1-17-13-8-4-11(5-9-13)15-18-14(19-20-15)10-2-6-12(16)7-3-10/h2-9,17H,1H3. The van der Waals surface area contributed by atoms with Crippen LogP contribution in [0.2, 0.25) is 0 Å². The molecule has 3 aromatic rings. The van der Waals surface area contributed by atoms with Crippen LogP contribution in [0.25, 0.3) is 22.8 Å². The molecule has 1 N–H and O–H groups in total. The van der Waals surface area contributed by atoms with Crippen LogP contribution in [-0.4, -0.2) is 17.2 Å². The lowest BCUT2D eigenvalue weighted by Crippen LogP contribution is -1.87. The van der Waals surface area contributed by atoms with Gasteiger partial charge in [0.25, 0.3) is 5.89 Å². The van der Waals surface area contributed by atoms with Crippen molar-refractivity contribution in [3.8, 4) is 22.8 Å². The van der Waals surface area contributed by atoms with Crippen molar-refractivity contribution in [3.05, 3.63) is 53.0 Å². The van der Waals surface area contributed by atoms with E-state index >= 15 is 0 Å². The third-order valence-electron chi connectivity index (χ3n) is 2.95. The van der Waals surface area contributed by atoms with E-state index in [1.165, 1.54) is 0 Å². The SMILES string of the molecule is CNc1ccc(-c2nc(-c3ccc(Br)cc3)no2)cc1. The van der Waals surface area contributed by atoms with Crippen LogP contribution in [0.15, 0.2) is 57.5 Å². The van der Waals surface area contributed by atoms with Crippen molar-refractivity contribution < 1.29 is 4.52 Å². The van der Waals surface area contributed by atoms with Gasteiger partial charge in [-0.05, 0) is 48.5 Å². The number of nitrogens with zero attached hydrogens (tertiary/aromatic N) is 2. The number of aromatic nitrogens is 2. The quantitative estimate of drug-likeness (QED) is 0.782. The largest absolute Gasteiger partial charge is 0.388 e. The Balaban J connectivity index is 1.91. The maximum absolute atomic E-state index is 5.32. The summed E-state index contributed by atoms with van der Waals surface area (Å²) in [6, 6.07) is 15.6. The highest BCUT2D eigenvalue weighted by molar-refractivity contribution is 9.10. The summed E-state index contributed by atoms with van der Waals surface area (Å²) in [5.41, 5.74) is 2.87. The minimum absolute atomic E-state index is 0.519. The van der Waals surface area contributed by atoms with Gasteiger partial charge in [0.15, 0.2) is 0 Å². The normalized spacial score (nSPS) is 10.5. The molecule has 100 valence electrons. The van der Waals surface area contributed by atoms with Gasteiger partial charge in [-0.15, -0.1) is 0 Å². The van der Waals surface area contributed by atoms with E-state index in [9.17, 15) is 0 Å². The second kappa shape index (κ2) is 5.46. The number of nitrogens with one attached hydrogen (secondary N) is 1. The van der Waals surface area contributed by atoms with E-state index in [1.807, 2.05) is 55.6 Å². The lowest BCUT2D eigenvalue weighted by Gasteiger charge is -1.99. The first kappa shape index (κ1) is 12.9. The van der Waals surface area contributed by atoms with Gasteiger partial charge in [0.2, 0.25) is 5.82 Å². The molecule has 0 saturated heterocycles. The van der Waals surface area contributed by atoms with Gasteiger partial charge in [-0.3, -0.25) is 0 Å². The van der Waals surface area contributed by atoms with Crippen LogP contribution < -0.4 is 5.32 Å². The second-order valence-electron chi connectivity index (χ2n) is 4.26. The summed E-state index contributed by atoms with van der Waals surface area (Å²) >= 11 is 3.40. The molecule has 0 aliphatic rings. The van der Waals surface area contributed by atoms with E-state index in [0.29, 0.717) is 11.7 Å². The van der Waals surface area contributed by atoms with Crippen molar-refractivity contribution >= 4 is 21.6 Å². The zero-order valence-electron chi connectivity index (χ0n) is 10.8. The number of hydrogen-bond donors (Lipinski definition) is 1. The Morgan fingerprint density at radius 1 is 0.950 bits per heavy atom. The van der Waals surface area contributed by atoms with Crippen molar-refractivity contribution in [2.24, 2.45) is 0 Å². The molecule has 0 amide bonds. The topological polar surface area (TPSA) is 51.0 Å². The van der Waals surface area contributed by atoms with Gasteiger partial charge in [-0.2, -0.15) is 4.98 Å². The lowest BCUT2D eigenvalue weighted by molar-refractivity contribution is 0.432. The van der Waals surface area contributed by atoms with Crippen LogP contribution in [0.4, 0.5) is 5.69 Å². The van der Waals surface area contributed by atoms with E-state index in [-0.39, 0.29) is 0 Å². The molecular weight excluding hydrogens is 318 g/mol. The first-order valence-electron chi connectivity index (χ1n) is 6.14. The van der Waals surface area contributed by atoms with Crippen LogP contribution in [-0.2, 0) is 0 Å². The first-order chi connectivity index (χ1) is 9.76. The van der Waals surface area contributed by atoms with Gasteiger partial charge in [0.05, 0.1) is 0 Å². The van der Waals surface area contributed by atoms with E-state index in [2.05, 4.69) is 31.4 Å². The zero-order chi connectivity index (χ0) is 13.9. The number of rotatable bonds is 3. The van der Waals surface area contributed by atoms with E-state index in [1.54, 1.807) is 0 Å². The molecule has 1 aromatic heterocycles. The summed E-state index contributed by atoms with van der Waals surface area (Å²) in [6.07, 6.45) is 0. The molecule has 0 aliphatic carbocycles. The molecule has 0 spiro atoms. The smallest absolute Gasteiger partial charge is 0.258 e. The zero-order valence-corrected chi connectivity index (χ0v) is 12.4. The van der Waals surface area contributed by atoms with E-state index in [4.69, 9.17) is 4.52 Å². The first-order valence-corrected chi connectivity index (χ1v) is 6.93. The lowest BCUT2D eigenvalue weighted by atomic mass is 10.2. The Morgan fingerprint density at radius 2 is 1.60 bits per heavy atom. The number of anilines is 1. The molecule has 0 radical (unpaired) electrons. The fraction of sp³-hybridized carbons (Fsp3) is 0.0667. The highest BCUT2D eigenvalue weighted by Gasteiger charge is 2.10. The predicted molar refractivity (Wildman–Crippen MR) is 82.4 cm³/mol.